The summed E-state index contributed by atoms with van der Waals surface area (Å²) in [7, 11) is 1.92. The lowest BCUT2D eigenvalue weighted by Crippen LogP contribution is -2.29. The van der Waals surface area contributed by atoms with E-state index in [1.807, 2.05) is 37.1 Å². The van der Waals surface area contributed by atoms with Gasteiger partial charge in [0.15, 0.2) is 5.58 Å². The number of likely N-dealkylation sites (N-methyl/N-ethyl adjacent to an activating group) is 1. The van der Waals surface area contributed by atoms with E-state index in [1.54, 1.807) is 0 Å². The summed E-state index contributed by atoms with van der Waals surface area (Å²) in [5.41, 5.74) is 2.37. The zero-order valence-corrected chi connectivity index (χ0v) is 10.4. The number of fused-ring (bicyclic) bond motifs is 1. The van der Waals surface area contributed by atoms with Gasteiger partial charge in [0.2, 0.25) is 0 Å². The highest BCUT2D eigenvalue weighted by atomic mass is 16.4. The fourth-order valence-electron chi connectivity index (χ4n) is 1.74. The largest absolute Gasteiger partial charge is 0.417 e. The van der Waals surface area contributed by atoms with Crippen LogP contribution in [0.4, 0.5) is 0 Å². The molecule has 0 bridgehead atoms. The highest BCUT2D eigenvalue weighted by Crippen LogP contribution is 2.13. The first-order valence-electron chi connectivity index (χ1n) is 5.82. The van der Waals surface area contributed by atoms with Crippen molar-refractivity contribution in [2.24, 2.45) is 0 Å². The molecule has 0 aliphatic heterocycles. The molecule has 0 aliphatic rings. The van der Waals surface area contributed by atoms with E-state index in [1.165, 1.54) is 0 Å². The van der Waals surface area contributed by atoms with E-state index in [9.17, 15) is 4.79 Å². The first kappa shape index (κ1) is 12.4. The van der Waals surface area contributed by atoms with Crippen LogP contribution in [-0.2, 0) is 6.42 Å². The van der Waals surface area contributed by atoms with Gasteiger partial charge in [-0.1, -0.05) is 6.07 Å². The lowest BCUT2D eigenvalue weighted by atomic mass is 10.1. The number of nitrogens with zero attached hydrogens (tertiary/aromatic N) is 2. The standard InChI is InChI=1S/C13H15N3O2/c1-9(8-14)16(2)6-5-10-3-4-11-12(7-10)18-13(17)15-11/h3-4,7,9H,5-6H2,1-2H3,(H,15,17). The maximum Gasteiger partial charge on any atom is 0.417 e. The smallest absolute Gasteiger partial charge is 0.408 e. The number of hydrogen-bond acceptors (Lipinski definition) is 4. The monoisotopic (exact) mass is 245 g/mol. The third-order valence-corrected chi connectivity index (χ3v) is 3.09. The molecule has 0 aliphatic carbocycles. The molecule has 2 rings (SSSR count). The maximum atomic E-state index is 11.0. The number of H-pyrrole nitrogens is 1. The fourth-order valence-corrected chi connectivity index (χ4v) is 1.74. The number of oxazole rings is 1. The molecule has 1 unspecified atom stereocenters. The second-order valence-corrected chi connectivity index (χ2v) is 4.38. The molecule has 0 radical (unpaired) electrons. The molecule has 2 aromatic rings. The number of hydrogen-bond donors (Lipinski definition) is 1. The van der Waals surface area contributed by atoms with Crippen molar-refractivity contribution in [2.45, 2.75) is 19.4 Å². The summed E-state index contributed by atoms with van der Waals surface area (Å²) < 4.78 is 5.01. The van der Waals surface area contributed by atoms with Crippen LogP contribution >= 0.6 is 0 Å². The molecule has 5 heteroatoms. The van der Waals surface area contributed by atoms with Crippen molar-refractivity contribution in [3.8, 4) is 6.07 Å². The first-order valence-corrected chi connectivity index (χ1v) is 5.82. The molecule has 0 fully saturated rings. The van der Waals surface area contributed by atoms with Gasteiger partial charge in [-0.15, -0.1) is 0 Å². The Morgan fingerprint density at radius 1 is 1.56 bits per heavy atom. The van der Waals surface area contributed by atoms with Gasteiger partial charge >= 0.3 is 5.76 Å². The number of nitrogens with one attached hydrogen (secondary N) is 1. The zero-order valence-electron chi connectivity index (χ0n) is 10.4. The van der Waals surface area contributed by atoms with Crippen LogP contribution in [0.2, 0.25) is 0 Å². The molecule has 0 amide bonds. The van der Waals surface area contributed by atoms with Crippen molar-refractivity contribution in [1.29, 1.82) is 5.26 Å². The van der Waals surface area contributed by atoms with Crippen molar-refractivity contribution in [3.63, 3.8) is 0 Å². The average molecular weight is 245 g/mol. The predicted octanol–water partition coefficient (Wildman–Crippen LogP) is 1.51. The number of aromatic amines is 1. The SMILES string of the molecule is CC(C#N)N(C)CCc1ccc2[nH]c(=O)oc2c1. The third kappa shape index (κ3) is 2.60. The number of benzene rings is 1. The molecule has 0 spiro atoms. The molecule has 18 heavy (non-hydrogen) atoms. The summed E-state index contributed by atoms with van der Waals surface area (Å²) in [4.78, 5) is 15.6. The first-order chi connectivity index (χ1) is 8.60. The third-order valence-electron chi connectivity index (χ3n) is 3.09. The number of nitriles is 1. The molecular weight excluding hydrogens is 230 g/mol. The molecule has 0 saturated carbocycles. The number of aromatic nitrogens is 1. The Morgan fingerprint density at radius 3 is 3.06 bits per heavy atom. The van der Waals surface area contributed by atoms with Gasteiger partial charge < -0.3 is 4.42 Å². The Bertz CT molecular complexity index is 635. The Morgan fingerprint density at radius 2 is 2.33 bits per heavy atom. The van der Waals surface area contributed by atoms with Crippen LogP contribution in [0.1, 0.15) is 12.5 Å². The second kappa shape index (κ2) is 5.07. The molecule has 1 atom stereocenters. The Hall–Kier alpha value is -2.06. The molecule has 0 saturated heterocycles. The fraction of sp³-hybridized carbons (Fsp3) is 0.385. The van der Waals surface area contributed by atoms with E-state index in [0.29, 0.717) is 11.1 Å². The molecule has 1 aromatic carbocycles. The molecular formula is C13H15N3O2. The van der Waals surface area contributed by atoms with Crippen LogP contribution in [0.5, 0.6) is 0 Å². The molecule has 1 aromatic heterocycles. The van der Waals surface area contributed by atoms with Crippen molar-refractivity contribution in [2.75, 3.05) is 13.6 Å². The van der Waals surface area contributed by atoms with Crippen LogP contribution in [0.3, 0.4) is 0 Å². The van der Waals surface area contributed by atoms with Gasteiger partial charge in [0.1, 0.15) is 0 Å². The van der Waals surface area contributed by atoms with E-state index in [2.05, 4.69) is 11.1 Å². The number of rotatable bonds is 4. The van der Waals surface area contributed by atoms with Gasteiger partial charge in [-0.2, -0.15) is 5.26 Å². The van der Waals surface area contributed by atoms with Gasteiger partial charge in [0, 0.05) is 6.54 Å². The lowest BCUT2D eigenvalue weighted by molar-refractivity contribution is 0.306. The summed E-state index contributed by atoms with van der Waals surface area (Å²) in [6.45, 7) is 2.66. The van der Waals surface area contributed by atoms with Crippen molar-refractivity contribution < 1.29 is 4.42 Å². The Kier molecular flexibility index (Phi) is 3.49. The molecule has 1 heterocycles. The van der Waals surface area contributed by atoms with Gasteiger partial charge in [-0.25, -0.2) is 4.79 Å². The van der Waals surface area contributed by atoms with Crippen LogP contribution in [0, 0.1) is 11.3 Å². The van der Waals surface area contributed by atoms with Gasteiger partial charge in [0.25, 0.3) is 0 Å². The summed E-state index contributed by atoms with van der Waals surface area (Å²) in [5.74, 6) is -0.433. The summed E-state index contributed by atoms with van der Waals surface area (Å²) in [6.07, 6.45) is 0.813. The zero-order chi connectivity index (χ0) is 13.1. The van der Waals surface area contributed by atoms with E-state index in [4.69, 9.17) is 9.68 Å². The van der Waals surface area contributed by atoms with Crippen molar-refractivity contribution in [1.82, 2.24) is 9.88 Å². The van der Waals surface area contributed by atoms with E-state index < -0.39 is 5.76 Å². The van der Waals surface area contributed by atoms with Gasteiger partial charge in [-0.3, -0.25) is 9.88 Å². The Balaban J connectivity index is 2.08. The van der Waals surface area contributed by atoms with Crippen LogP contribution in [0.25, 0.3) is 11.1 Å². The minimum atomic E-state index is -0.433. The minimum absolute atomic E-state index is 0.0982. The second-order valence-electron chi connectivity index (χ2n) is 4.38. The highest BCUT2D eigenvalue weighted by molar-refractivity contribution is 5.72. The van der Waals surface area contributed by atoms with Crippen LogP contribution < -0.4 is 5.76 Å². The maximum absolute atomic E-state index is 11.0. The summed E-state index contributed by atoms with van der Waals surface area (Å²) >= 11 is 0. The summed E-state index contributed by atoms with van der Waals surface area (Å²) in [6, 6.07) is 7.75. The molecule has 1 N–H and O–H groups in total. The van der Waals surface area contributed by atoms with E-state index in [0.717, 1.165) is 18.5 Å². The van der Waals surface area contributed by atoms with Gasteiger partial charge in [-0.05, 0) is 38.1 Å². The van der Waals surface area contributed by atoms with Crippen LogP contribution in [0.15, 0.2) is 27.4 Å². The highest BCUT2D eigenvalue weighted by Gasteiger charge is 2.08. The molecule has 5 nitrogen and oxygen atoms in total. The van der Waals surface area contributed by atoms with Crippen LogP contribution in [-0.4, -0.2) is 29.5 Å². The topological polar surface area (TPSA) is 73.0 Å². The lowest BCUT2D eigenvalue weighted by Gasteiger charge is -2.18. The van der Waals surface area contributed by atoms with E-state index in [-0.39, 0.29) is 6.04 Å². The Labute approximate surface area is 105 Å². The average Bonchev–Trinajstić information content (AvgIpc) is 2.74. The predicted molar refractivity (Wildman–Crippen MR) is 68.2 cm³/mol. The van der Waals surface area contributed by atoms with Gasteiger partial charge in [0.05, 0.1) is 17.6 Å². The minimum Gasteiger partial charge on any atom is -0.408 e. The summed E-state index contributed by atoms with van der Waals surface area (Å²) in [5, 5.41) is 8.80. The van der Waals surface area contributed by atoms with E-state index >= 15 is 0 Å². The van der Waals surface area contributed by atoms with Crippen molar-refractivity contribution in [3.05, 3.63) is 34.3 Å². The van der Waals surface area contributed by atoms with Crippen molar-refractivity contribution >= 4 is 11.1 Å². The normalized spacial score (nSPS) is 12.8. The quantitative estimate of drug-likeness (QED) is 0.886. The molecule has 94 valence electrons.